The monoisotopic (exact) mass is 286 g/mol. The van der Waals surface area contributed by atoms with Crippen molar-refractivity contribution in [1.29, 1.82) is 0 Å². The van der Waals surface area contributed by atoms with E-state index in [4.69, 9.17) is 5.73 Å². The average Bonchev–Trinajstić information content (AvgIpc) is 2.35. The maximum atomic E-state index is 11.8. The topological polar surface area (TPSA) is 113 Å². The third-order valence-corrected chi connectivity index (χ3v) is 3.83. The van der Waals surface area contributed by atoms with Crippen molar-refractivity contribution in [2.75, 3.05) is 31.2 Å². The third-order valence-electron chi connectivity index (χ3n) is 2.38. The summed E-state index contributed by atoms with van der Waals surface area (Å²) < 4.78 is 25.9. The zero-order valence-corrected chi connectivity index (χ0v) is 11.7. The molecular formula is C11H18N4O3S. The Morgan fingerprint density at radius 3 is 2.58 bits per heavy atom. The van der Waals surface area contributed by atoms with Crippen LogP contribution < -0.4 is 21.1 Å². The minimum absolute atomic E-state index is 0.0813. The van der Waals surface area contributed by atoms with Gasteiger partial charge in [-0.2, -0.15) is 0 Å². The van der Waals surface area contributed by atoms with Crippen molar-refractivity contribution in [2.24, 2.45) is 0 Å². The summed E-state index contributed by atoms with van der Waals surface area (Å²) in [6.45, 7) is 2.23. The maximum Gasteiger partial charge on any atom is 0.242 e. The van der Waals surface area contributed by atoms with Gasteiger partial charge in [0.05, 0.1) is 5.69 Å². The van der Waals surface area contributed by atoms with Crippen molar-refractivity contribution in [2.45, 2.75) is 11.8 Å². The highest BCUT2D eigenvalue weighted by atomic mass is 32.2. The highest BCUT2D eigenvalue weighted by Gasteiger charge is 2.16. The molecule has 106 valence electrons. The number of hydrogen-bond donors (Lipinski definition) is 4. The molecule has 0 aliphatic carbocycles. The van der Waals surface area contributed by atoms with Crippen LogP contribution in [0.25, 0.3) is 0 Å². The van der Waals surface area contributed by atoms with Crippen molar-refractivity contribution in [1.82, 2.24) is 10.0 Å². The van der Waals surface area contributed by atoms with E-state index in [-0.39, 0.29) is 10.8 Å². The highest BCUT2D eigenvalue weighted by molar-refractivity contribution is 7.89. The first-order chi connectivity index (χ1) is 8.86. The van der Waals surface area contributed by atoms with Crippen molar-refractivity contribution in [3.05, 3.63) is 18.2 Å². The molecule has 0 saturated carbocycles. The summed E-state index contributed by atoms with van der Waals surface area (Å²) in [6, 6.07) is 4.58. The van der Waals surface area contributed by atoms with E-state index >= 15 is 0 Å². The van der Waals surface area contributed by atoms with E-state index in [1.54, 1.807) is 12.1 Å². The fourth-order valence-electron chi connectivity index (χ4n) is 1.45. The van der Waals surface area contributed by atoms with Gasteiger partial charge in [0.25, 0.3) is 0 Å². The molecule has 1 aromatic rings. The number of benzene rings is 1. The smallest absolute Gasteiger partial charge is 0.242 e. The van der Waals surface area contributed by atoms with Crippen LogP contribution in [0.15, 0.2) is 23.1 Å². The van der Waals surface area contributed by atoms with Crippen LogP contribution in [0.1, 0.15) is 6.92 Å². The summed E-state index contributed by atoms with van der Waals surface area (Å²) >= 11 is 0. The van der Waals surface area contributed by atoms with Gasteiger partial charge < -0.3 is 16.4 Å². The summed E-state index contributed by atoms with van der Waals surface area (Å²) in [7, 11) is -2.25. The molecule has 0 spiro atoms. The van der Waals surface area contributed by atoms with Gasteiger partial charge in [0.15, 0.2) is 0 Å². The van der Waals surface area contributed by atoms with Gasteiger partial charge in [0.2, 0.25) is 15.9 Å². The molecule has 0 heterocycles. The number of sulfonamides is 1. The lowest BCUT2D eigenvalue weighted by Gasteiger charge is -2.13. The number of carbonyl (C=O) groups is 1. The fourth-order valence-corrected chi connectivity index (χ4v) is 2.39. The Hall–Kier alpha value is -1.80. The van der Waals surface area contributed by atoms with Gasteiger partial charge in [-0.1, -0.05) is 0 Å². The number of amides is 1. The summed E-state index contributed by atoms with van der Waals surface area (Å²) in [6.07, 6.45) is 0. The molecule has 0 saturated heterocycles. The lowest BCUT2D eigenvalue weighted by atomic mass is 10.3. The van der Waals surface area contributed by atoms with Gasteiger partial charge in [0.1, 0.15) is 4.90 Å². The van der Waals surface area contributed by atoms with Crippen molar-refractivity contribution in [3.8, 4) is 0 Å². The van der Waals surface area contributed by atoms with Crippen LogP contribution >= 0.6 is 0 Å². The molecule has 0 unspecified atom stereocenters. The number of nitrogens with one attached hydrogen (secondary N) is 3. The lowest BCUT2D eigenvalue weighted by molar-refractivity contribution is -0.118. The Balaban J connectivity index is 2.86. The SMILES string of the molecule is CNS(=O)(=O)c1cc(N)ccc1NCCNC(C)=O. The maximum absolute atomic E-state index is 11.8. The number of hydrogen-bond acceptors (Lipinski definition) is 5. The highest BCUT2D eigenvalue weighted by Crippen LogP contribution is 2.23. The predicted octanol–water partition coefficient (Wildman–Crippen LogP) is -0.275. The molecule has 0 aliphatic heterocycles. The van der Waals surface area contributed by atoms with Crippen LogP contribution in [0.4, 0.5) is 11.4 Å². The summed E-state index contributed by atoms with van der Waals surface area (Å²) in [5, 5.41) is 5.55. The van der Waals surface area contributed by atoms with Crippen molar-refractivity contribution >= 4 is 27.3 Å². The van der Waals surface area contributed by atoms with E-state index in [2.05, 4.69) is 15.4 Å². The molecule has 0 radical (unpaired) electrons. The number of carbonyl (C=O) groups excluding carboxylic acids is 1. The summed E-state index contributed by atoms with van der Waals surface area (Å²) in [4.78, 5) is 10.8. The minimum atomic E-state index is -3.58. The van der Waals surface area contributed by atoms with E-state index in [0.29, 0.717) is 24.5 Å². The van der Waals surface area contributed by atoms with Crippen LogP contribution in [-0.2, 0) is 14.8 Å². The predicted molar refractivity (Wildman–Crippen MR) is 74.3 cm³/mol. The Morgan fingerprint density at radius 2 is 2.00 bits per heavy atom. The average molecular weight is 286 g/mol. The van der Waals surface area contributed by atoms with Gasteiger partial charge in [-0.3, -0.25) is 4.79 Å². The van der Waals surface area contributed by atoms with Crippen LogP contribution in [-0.4, -0.2) is 34.5 Å². The summed E-state index contributed by atoms with van der Waals surface area (Å²) in [5.41, 5.74) is 6.40. The molecule has 1 aromatic carbocycles. The first-order valence-electron chi connectivity index (χ1n) is 5.68. The van der Waals surface area contributed by atoms with E-state index in [1.165, 1.54) is 20.0 Å². The molecule has 0 atom stereocenters. The third kappa shape index (κ3) is 4.42. The second-order valence-electron chi connectivity index (χ2n) is 3.87. The minimum Gasteiger partial charge on any atom is -0.399 e. The molecule has 0 aliphatic rings. The Kier molecular flexibility index (Phi) is 5.13. The standard InChI is InChI=1S/C11H18N4O3S/c1-8(16)14-5-6-15-10-4-3-9(12)7-11(10)19(17,18)13-2/h3-4,7,13,15H,5-6,12H2,1-2H3,(H,14,16). The lowest BCUT2D eigenvalue weighted by Crippen LogP contribution is -2.27. The zero-order valence-electron chi connectivity index (χ0n) is 10.9. The Labute approximate surface area is 112 Å². The molecular weight excluding hydrogens is 268 g/mol. The molecule has 8 heteroatoms. The first kappa shape index (κ1) is 15.3. The Morgan fingerprint density at radius 1 is 1.32 bits per heavy atom. The Bertz CT molecular complexity index is 557. The van der Waals surface area contributed by atoms with Crippen molar-refractivity contribution < 1.29 is 13.2 Å². The number of anilines is 2. The van der Waals surface area contributed by atoms with Gasteiger partial charge in [-0.25, -0.2) is 13.1 Å². The molecule has 0 aromatic heterocycles. The van der Waals surface area contributed by atoms with E-state index in [0.717, 1.165) is 0 Å². The van der Waals surface area contributed by atoms with E-state index < -0.39 is 10.0 Å². The molecule has 7 nitrogen and oxygen atoms in total. The van der Waals surface area contributed by atoms with Crippen LogP contribution in [0.5, 0.6) is 0 Å². The molecule has 1 amide bonds. The number of nitrogens with two attached hydrogens (primary N) is 1. The number of nitrogen functional groups attached to an aromatic ring is 1. The van der Waals surface area contributed by atoms with Gasteiger partial charge >= 0.3 is 0 Å². The molecule has 5 N–H and O–H groups in total. The number of rotatable bonds is 6. The van der Waals surface area contributed by atoms with Crippen LogP contribution in [0.3, 0.4) is 0 Å². The zero-order chi connectivity index (χ0) is 14.5. The summed E-state index contributed by atoms with van der Waals surface area (Å²) in [5.74, 6) is -0.137. The molecule has 1 rings (SSSR count). The van der Waals surface area contributed by atoms with Gasteiger partial charge in [-0.05, 0) is 25.2 Å². The molecule has 19 heavy (non-hydrogen) atoms. The van der Waals surface area contributed by atoms with Gasteiger partial charge in [-0.15, -0.1) is 0 Å². The fraction of sp³-hybridized carbons (Fsp3) is 0.364. The van der Waals surface area contributed by atoms with Crippen LogP contribution in [0, 0.1) is 0 Å². The molecule has 0 fully saturated rings. The molecule has 0 bridgehead atoms. The normalized spacial score (nSPS) is 11.1. The van der Waals surface area contributed by atoms with Crippen molar-refractivity contribution in [3.63, 3.8) is 0 Å². The van der Waals surface area contributed by atoms with Crippen LogP contribution in [0.2, 0.25) is 0 Å². The van der Waals surface area contributed by atoms with E-state index in [1.807, 2.05) is 0 Å². The second kappa shape index (κ2) is 6.39. The quantitative estimate of drug-likeness (QED) is 0.424. The van der Waals surface area contributed by atoms with E-state index in [9.17, 15) is 13.2 Å². The first-order valence-corrected chi connectivity index (χ1v) is 7.16. The largest absolute Gasteiger partial charge is 0.399 e. The van der Waals surface area contributed by atoms with Gasteiger partial charge in [0, 0.05) is 25.7 Å². The second-order valence-corrected chi connectivity index (χ2v) is 5.73.